The summed E-state index contributed by atoms with van der Waals surface area (Å²) in [5, 5.41) is 8.57. The predicted molar refractivity (Wildman–Crippen MR) is 50.5 cm³/mol. The molecule has 1 aromatic heterocycles. The second kappa shape index (κ2) is 3.58. The number of nitrogens with zero attached hydrogens (tertiary/aromatic N) is 2. The van der Waals surface area contributed by atoms with Crippen LogP contribution in [0.5, 0.6) is 0 Å². The molecule has 1 heterocycles. The third kappa shape index (κ3) is 2.12. The SMILES string of the molecule is N#Cc1ccc(C2CCC(F)(F)C2)nc1. The summed E-state index contributed by atoms with van der Waals surface area (Å²) in [6.45, 7) is 0. The first kappa shape index (κ1) is 10.0. The largest absolute Gasteiger partial charge is 0.260 e. The summed E-state index contributed by atoms with van der Waals surface area (Å²) in [6, 6.07) is 5.25. The number of rotatable bonds is 1. The Morgan fingerprint density at radius 1 is 1.47 bits per heavy atom. The van der Waals surface area contributed by atoms with E-state index in [1.165, 1.54) is 6.20 Å². The normalized spacial score (nSPS) is 23.7. The molecule has 0 spiro atoms. The molecule has 2 nitrogen and oxygen atoms in total. The van der Waals surface area contributed by atoms with Crippen molar-refractivity contribution in [2.75, 3.05) is 0 Å². The average Bonchev–Trinajstić information content (AvgIpc) is 2.59. The lowest BCUT2D eigenvalue weighted by molar-refractivity contribution is 0.00766. The highest BCUT2D eigenvalue weighted by Gasteiger charge is 2.40. The van der Waals surface area contributed by atoms with Crippen LogP contribution in [-0.4, -0.2) is 10.9 Å². The molecular formula is C11H10F2N2. The van der Waals surface area contributed by atoms with Gasteiger partial charge in [-0.1, -0.05) is 0 Å². The molecule has 78 valence electrons. The van der Waals surface area contributed by atoms with E-state index in [4.69, 9.17) is 5.26 Å². The molecule has 2 rings (SSSR count). The maximum absolute atomic E-state index is 12.9. The van der Waals surface area contributed by atoms with Crippen LogP contribution in [0, 0.1) is 11.3 Å². The van der Waals surface area contributed by atoms with E-state index in [-0.39, 0.29) is 18.8 Å². The summed E-state index contributed by atoms with van der Waals surface area (Å²) in [6.07, 6.45) is 1.74. The summed E-state index contributed by atoms with van der Waals surface area (Å²) >= 11 is 0. The average molecular weight is 208 g/mol. The molecule has 1 aliphatic rings. The fourth-order valence-electron chi connectivity index (χ4n) is 1.92. The molecule has 0 saturated heterocycles. The molecule has 1 unspecified atom stereocenters. The van der Waals surface area contributed by atoms with Crippen molar-refractivity contribution in [2.24, 2.45) is 0 Å². The van der Waals surface area contributed by atoms with Crippen LogP contribution in [0.25, 0.3) is 0 Å². The molecule has 4 heteroatoms. The zero-order valence-corrected chi connectivity index (χ0v) is 8.08. The number of hydrogen-bond donors (Lipinski definition) is 0. The Labute approximate surface area is 86.6 Å². The van der Waals surface area contributed by atoms with Crippen molar-refractivity contribution in [2.45, 2.75) is 31.1 Å². The molecule has 0 aliphatic heterocycles. The van der Waals surface area contributed by atoms with E-state index in [0.717, 1.165) is 0 Å². The molecule has 0 bridgehead atoms. The van der Waals surface area contributed by atoms with Crippen molar-refractivity contribution in [1.29, 1.82) is 5.26 Å². The van der Waals surface area contributed by atoms with Gasteiger partial charge in [-0.05, 0) is 18.6 Å². The van der Waals surface area contributed by atoms with Crippen LogP contribution in [0.3, 0.4) is 0 Å². The van der Waals surface area contributed by atoms with Gasteiger partial charge in [0.1, 0.15) is 6.07 Å². The van der Waals surface area contributed by atoms with Crippen LogP contribution in [0.15, 0.2) is 18.3 Å². The van der Waals surface area contributed by atoms with Gasteiger partial charge >= 0.3 is 0 Å². The number of alkyl halides is 2. The van der Waals surface area contributed by atoms with Crippen LogP contribution in [0.1, 0.15) is 36.4 Å². The lowest BCUT2D eigenvalue weighted by Crippen LogP contribution is -2.09. The first-order chi connectivity index (χ1) is 7.11. The van der Waals surface area contributed by atoms with Crippen molar-refractivity contribution in [3.05, 3.63) is 29.6 Å². The quantitative estimate of drug-likeness (QED) is 0.711. The van der Waals surface area contributed by atoms with E-state index in [1.54, 1.807) is 12.1 Å². The summed E-state index contributed by atoms with van der Waals surface area (Å²) in [5.41, 5.74) is 1.13. The van der Waals surface area contributed by atoms with Gasteiger partial charge in [0, 0.05) is 30.7 Å². The maximum atomic E-state index is 12.9. The number of halogens is 2. The summed E-state index contributed by atoms with van der Waals surface area (Å²) in [4.78, 5) is 4.04. The van der Waals surface area contributed by atoms with E-state index in [0.29, 0.717) is 17.7 Å². The molecule has 1 atom stereocenters. The standard InChI is InChI=1S/C11H10F2N2/c12-11(13)4-3-9(5-11)10-2-1-8(6-14)7-15-10/h1-2,7,9H,3-5H2. The number of nitriles is 1. The van der Waals surface area contributed by atoms with E-state index < -0.39 is 5.92 Å². The Hall–Kier alpha value is -1.50. The Morgan fingerprint density at radius 2 is 2.27 bits per heavy atom. The van der Waals surface area contributed by atoms with Crippen LogP contribution >= 0.6 is 0 Å². The van der Waals surface area contributed by atoms with Gasteiger partial charge < -0.3 is 0 Å². The molecule has 1 aliphatic carbocycles. The van der Waals surface area contributed by atoms with Gasteiger partial charge in [-0.3, -0.25) is 4.98 Å². The highest BCUT2D eigenvalue weighted by Crippen LogP contribution is 2.43. The van der Waals surface area contributed by atoms with Gasteiger partial charge in [-0.15, -0.1) is 0 Å². The van der Waals surface area contributed by atoms with Crippen LogP contribution in [0.2, 0.25) is 0 Å². The van der Waals surface area contributed by atoms with Crippen LogP contribution in [-0.2, 0) is 0 Å². The molecule has 1 fully saturated rings. The molecule has 15 heavy (non-hydrogen) atoms. The van der Waals surface area contributed by atoms with Crippen LogP contribution in [0.4, 0.5) is 8.78 Å². The summed E-state index contributed by atoms with van der Waals surface area (Å²) in [7, 11) is 0. The lowest BCUT2D eigenvalue weighted by Gasteiger charge is -2.09. The lowest BCUT2D eigenvalue weighted by atomic mass is 10.0. The van der Waals surface area contributed by atoms with Gasteiger partial charge in [0.2, 0.25) is 5.92 Å². The fraction of sp³-hybridized carbons (Fsp3) is 0.455. The molecular weight excluding hydrogens is 198 g/mol. The van der Waals surface area contributed by atoms with E-state index >= 15 is 0 Å². The molecule has 0 aromatic carbocycles. The second-order valence-corrected chi connectivity index (χ2v) is 3.88. The Balaban J connectivity index is 2.15. The van der Waals surface area contributed by atoms with Gasteiger partial charge in [0.15, 0.2) is 0 Å². The minimum absolute atomic E-state index is 0.0562. The van der Waals surface area contributed by atoms with Crippen LogP contribution < -0.4 is 0 Å². The minimum atomic E-state index is -2.54. The molecule has 0 radical (unpaired) electrons. The van der Waals surface area contributed by atoms with Crippen molar-refractivity contribution in [3.8, 4) is 6.07 Å². The molecule has 1 aromatic rings. The Morgan fingerprint density at radius 3 is 2.73 bits per heavy atom. The van der Waals surface area contributed by atoms with Crippen molar-refractivity contribution < 1.29 is 8.78 Å². The highest BCUT2D eigenvalue weighted by molar-refractivity contribution is 5.27. The zero-order valence-electron chi connectivity index (χ0n) is 8.08. The molecule has 1 saturated carbocycles. The third-order valence-electron chi connectivity index (χ3n) is 2.74. The van der Waals surface area contributed by atoms with Crippen molar-refractivity contribution >= 4 is 0 Å². The number of aromatic nitrogens is 1. The Kier molecular flexibility index (Phi) is 2.39. The minimum Gasteiger partial charge on any atom is -0.260 e. The van der Waals surface area contributed by atoms with Gasteiger partial charge in [0.25, 0.3) is 0 Å². The number of hydrogen-bond acceptors (Lipinski definition) is 2. The van der Waals surface area contributed by atoms with Gasteiger partial charge in [-0.2, -0.15) is 5.26 Å². The van der Waals surface area contributed by atoms with Crippen molar-refractivity contribution in [1.82, 2.24) is 4.98 Å². The topological polar surface area (TPSA) is 36.7 Å². The first-order valence-corrected chi connectivity index (χ1v) is 4.85. The smallest absolute Gasteiger partial charge is 0.248 e. The van der Waals surface area contributed by atoms with Crippen molar-refractivity contribution in [3.63, 3.8) is 0 Å². The third-order valence-corrected chi connectivity index (χ3v) is 2.74. The van der Waals surface area contributed by atoms with Gasteiger partial charge in [0.05, 0.1) is 5.56 Å². The van der Waals surface area contributed by atoms with E-state index in [1.807, 2.05) is 6.07 Å². The summed E-state index contributed by atoms with van der Waals surface area (Å²) < 4.78 is 25.9. The second-order valence-electron chi connectivity index (χ2n) is 3.88. The molecule has 0 amide bonds. The predicted octanol–water partition coefficient (Wildman–Crippen LogP) is 2.86. The first-order valence-electron chi connectivity index (χ1n) is 4.85. The van der Waals surface area contributed by atoms with E-state index in [2.05, 4.69) is 4.98 Å². The fourth-order valence-corrected chi connectivity index (χ4v) is 1.92. The highest BCUT2D eigenvalue weighted by atomic mass is 19.3. The number of pyridine rings is 1. The summed E-state index contributed by atoms with van der Waals surface area (Å²) in [5.74, 6) is -2.70. The maximum Gasteiger partial charge on any atom is 0.248 e. The monoisotopic (exact) mass is 208 g/mol. The molecule has 0 N–H and O–H groups in total. The zero-order chi connectivity index (χ0) is 10.9. The van der Waals surface area contributed by atoms with E-state index in [9.17, 15) is 8.78 Å². The Bertz CT molecular complexity index is 392. The van der Waals surface area contributed by atoms with Gasteiger partial charge in [-0.25, -0.2) is 8.78 Å².